The van der Waals surface area contributed by atoms with Gasteiger partial charge in [0.25, 0.3) is 0 Å². The van der Waals surface area contributed by atoms with Gasteiger partial charge in [-0.2, -0.15) is 0 Å². The summed E-state index contributed by atoms with van der Waals surface area (Å²) in [7, 11) is 0. The molecule has 10 heteroatoms. The Kier molecular flexibility index (Phi) is 7.42. The monoisotopic (exact) mass is 450 g/mol. The van der Waals surface area contributed by atoms with Crippen molar-refractivity contribution in [1.82, 2.24) is 14.8 Å². The molecule has 0 aliphatic rings. The Morgan fingerprint density at radius 2 is 2.03 bits per heavy atom. The summed E-state index contributed by atoms with van der Waals surface area (Å²) >= 11 is 6.87. The van der Waals surface area contributed by atoms with Gasteiger partial charge in [-0.05, 0) is 30.3 Å². The summed E-state index contributed by atoms with van der Waals surface area (Å²) in [4.78, 5) is 12.2. The molecule has 0 atom stereocenters. The van der Waals surface area contributed by atoms with Crippen molar-refractivity contribution < 1.29 is 18.3 Å². The zero-order valence-electron chi connectivity index (χ0n) is 15.6. The van der Waals surface area contributed by atoms with Gasteiger partial charge < -0.3 is 10.1 Å². The van der Waals surface area contributed by atoms with Gasteiger partial charge in [0.2, 0.25) is 5.91 Å². The van der Waals surface area contributed by atoms with E-state index in [4.69, 9.17) is 16.3 Å². The van der Waals surface area contributed by atoms with Crippen LogP contribution in [0.1, 0.15) is 5.82 Å². The third-order valence-electron chi connectivity index (χ3n) is 3.83. The molecule has 3 rings (SSSR count). The van der Waals surface area contributed by atoms with Crippen molar-refractivity contribution in [1.29, 1.82) is 0 Å². The van der Waals surface area contributed by atoms with E-state index in [2.05, 4.69) is 22.1 Å². The van der Waals surface area contributed by atoms with Gasteiger partial charge in [0.05, 0.1) is 10.8 Å². The van der Waals surface area contributed by atoms with E-state index >= 15 is 0 Å². The third kappa shape index (κ3) is 5.58. The fourth-order valence-electron chi connectivity index (χ4n) is 2.45. The lowest BCUT2D eigenvalue weighted by Crippen LogP contribution is -2.15. The highest BCUT2D eigenvalue weighted by molar-refractivity contribution is 7.99. The minimum Gasteiger partial charge on any atom is -0.483 e. The van der Waals surface area contributed by atoms with Crippen LogP contribution in [-0.4, -0.2) is 26.4 Å². The van der Waals surface area contributed by atoms with Crippen LogP contribution in [0.4, 0.5) is 14.5 Å². The van der Waals surface area contributed by atoms with Crippen LogP contribution < -0.4 is 10.1 Å². The Morgan fingerprint density at radius 3 is 2.77 bits per heavy atom. The second-order valence-corrected chi connectivity index (χ2v) is 7.33. The highest BCUT2D eigenvalue weighted by Crippen LogP contribution is 2.22. The number of benzene rings is 2. The number of rotatable bonds is 9. The molecule has 3 aromatic rings. The number of carbonyl (C=O) groups excluding carboxylic acids is 1. The summed E-state index contributed by atoms with van der Waals surface area (Å²) in [6.07, 6.45) is 1.65. The summed E-state index contributed by atoms with van der Waals surface area (Å²) in [5.74, 6) is -0.743. The van der Waals surface area contributed by atoms with Crippen LogP contribution in [0.2, 0.25) is 5.02 Å². The first kappa shape index (κ1) is 21.8. The van der Waals surface area contributed by atoms with Gasteiger partial charge in [-0.15, -0.1) is 16.8 Å². The van der Waals surface area contributed by atoms with Crippen molar-refractivity contribution in [3.05, 3.63) is 77.6 Å². The minimum absolute atomic E-state index is 0.00259. The maximum atomic E-state index is 13.7. The van der Waals surface area contributed by atoms with Gasteiger partial charge in [0.1, 0.15) is 12.4 Å². The molecule has 30 heavy (non-hydrogen) atoms. The standard InChI is InChI=1S/C20H17ClF2N4O2S/c1-2-9-27-18(11-29-17-6-4-3-5-16(17)23)25-26-20(27)30-12-19(28)24-13-7-8-15(22)14(21)10-13/h2-8,10H,1,9,11-12H2,(H,24,28). The molecular weight excluding hydrogens is 434 g/mol. The average molecular weight is 451 g/mol. The number of ether oxygens (including phenoxy) is 1. The second-order valence-electron chi connectivity index (χ2n) is 5.98. The molecule has 156 valence electrons. The number of allylic oxidation sites excluding steroid dienone is 1. The van der Waals surface area contributed by atoms with E-state index in [9.17, 15) is 13.6 Å². The number of halogens is 3. The quantitative estimate of drug-likeness (QED) is 0.378. The van der Waals surface area contributed by atoms with Crippen LogP contribution in [0, 0.1) is 11.6 Å². The molecule has 2 aromatic carbocycles. The lowest BCUT2D eigenvalue weighted by atomic mass is 10.3. The molecule has 1 aromatic heterocycles. The van der Waals surface area contributed by atoms with Crippen molar-refractivity contribution in [2.45, 2.75) is 18.3 Å². The smallest absolute Gasteiger partial charge is 0.234 e. The first-order chi connectivity index (χ1) is 14.5. The van der Waals surface area contributed by atoms with Crippen LogP contribution in [0.15, 0.2) is 60.3 Å². The zero-order chi connectivity index (χ0) is 21.5. The largest absolute Gasteiger partial charge is 0.483 e. The van der Waals surface area contributed by atoms with Crippen LogP contribution in [-0.2, 0) is 17.9 Å². The van der Waals surface area contributed by atoms with Gasteiger partial charge in [-0.25, -0.2) is 8.78 Å². The van der Waals surface area contributed by atoms with Gasteiger partial charge >= 0.3 is 0 Å². The van der Waals surface area contributed by atoms with Crippen LogP contribution in [0.5, 0.6) is 5.75 Å². The number of aromatic nitrogens is 3. The van der Waals surface area contributed by atoms with Crippen molar-refractivity contribution in [3.63, 3.8) is 0 Å². The molecule has 0 saturated heterocycles. The number of nitrogens with zero attached hydrogens (tertiary/aromatic N) is 3. The Balaban J connectivity index is 1.62. The topological polar surface area (TPSA) is 69.0 Å². The number of amides is 1. The molecule has 0 saturated carbocycles. The Morgan fingerprint density at radius 1 is 1.23 bits per heavy atom. The van der Waals surface area contributed by atoms with Gasteiger partial charge in [0, 0.05) is 12.2 Å². The number of hydrogen-bond acceptors (Lipinski definition) is 5. The van der Waals surface area contributed by atoms with Crippen molar-refractivity contribution >= 4 is 35.0 Å². The molecule has 1 N–H and O–H groups in total. The summed E-state index contributed by atoms with van der Waals surface area (Å²) in [5.41, 5.74) is 0.388. The second kappa shape index (κ2) is 10.2. The predicted octanol–water partition coefficient (Wildman–Crippen LogP) is 4.71. The lowest BCUT2D eigenvalue weighted by molar-refractivity contribution is -0.113. The first-order valence-corrected chi connectivity index (χ1v) is 10.1. The van der Waals surface area contributed by atoms with E-state index in [1.807, 2.05) is 0 Å². The first-order valence-electron chi connectivity index (χ1n) is 8.76. The van der Waals surface area contributed by atoms with E-state index in [0.717, 1.165) is 11.8 Å². The molecule has 0 aliphatic heterocycles. The maximum absolute atomic E-state index is 13.7. The van der Waals surface area contributed by atoms with E-state index in [1.165, 1.54) is 30.3 Å². The zero-order valence-corrected chi connectivity index (χ0v) is 17.2. The number of para-hydroxylation sites is 1. The maximum Gasteiger partial charge on any atom is 0.234 e. The fraction of sp³-hybridized carbons (Fsp3) is 0.150. The van der Waals surface area contributed by atoms with E-state index in [0.29, 0.717) is 23.2 Å². The van der Waals surface area contributed by atoms with E-state index < -0.39 is 11.6 Å². The van der Waals surface area contributed by atoms with Gasteiger partial charge in [-0.1, -0.05) is 41.6 Å². The molecule has 0 fully saturated rings. The number of thioether (sulfide) groups is 1. The minimum atomic E-state index is -0.563. The number of anilines is 1. The number of hydrogen-bond donors (Lipinski definition) is 1. The third-order valence-corrected chi connectivity index (χ3v) is 5.09. The molecule has 1 heterocycles. The molecule has 1 amide bonds. The Labute approximate surface area is 180 Å². The summed E-state index contributed by atoms with van der Waals surface area (Å²) < 4.78 is 34.1. The van der Waals surface area contributed by atoms with Gasteiger partial charge in [-0.3, -0.25) is 9.36 Å². The summed E-state index contributed by atoms with van der Waals surface area (Å²) in [6, 6.07) is 9.99. The van der Waals surface area contributed by atoms with Crippen molar-refractivity contribution in [3.8, 4) is 5.75 Å². The SMILES string of the molecule is C=CCn1c(COc2ccccc2F)nnc1SCC(=O)Nc1ccc(F)c(Cl)c1. The molecule has 6 nitrogen and oxygen atoms in total. The molecule has 0 bridgehead atoms. The molecule has 0 aliphatic carbocycles. The predicted molar refractivity (Wildman–Crippen MR) is 112 cm³/mol. The van der Waals surface area contributed by atoms with Crippen molar-refractivity contribution in [2.24, 2.45) is 0 Å². The highest BCUT2D eigenvalue weighted by atomic mass is 35.5. The lowest BCUT2D eigenvalue weighted by Gasteiger charge is -2.10. The number of nitrogens with one attached hydrogen (secondary N) is 1. The van der Waals surface area contributed by atoms with Crippen LogP contribution in [0.25, 0.3) is 0 Å². The summed E-state index contributed by atoms with van der Waals surface area (Å²) in [5, 5.41) is 11.2. The highest BCUT2D eigenvalue weighted by Gasteiger charge is 2.15. The Hall–Kier alpha value is -2.91. The van der Waals surface area contributed by atoms with Crippen LogP contribution in [0.3, 0.4) is 0 Å². The normalized spacial score (nSPS) is 10.6. The average Bonchev–Trinajstić information content (AvgIpc) is 3.10. The number of carbonyl (C=O) groups is 1. The van der Waals surface area contributed by atoms with Crippen LogP contribution >= 0.6 is 23.4 Å². The summed E-state index contributed by atoms with van der Waals surface area (Å²) in [6.45, 7) is 4.10. The fourth-order valence-corrected chi connectivity index (χ4v) is 3.40. The molecule has 0 unspecified atom stereocenters. The molecule has 0 spiro atoms. The van der Waals surface area contributed by atoms with Gasteiger partial charge in [0.15, 0.2) is 22.5 Å². The van der Waals surface area contributed by atoms with Crippen molar-refractivity contribution in [2.75, 3.05) is 11.1 Å². The Bertz CT molecular complexity index is 1060. The van der Waals surface area contributed by atoms with E-state index in [-0.39, 0.29) is 29.0 Å². The van der Waals surface area contributed by atoms with E-state index in [1.54, 1.807) is 22.8 Å². The molecule has 0 radical (unpaired) electrons. The molecular formula is C20H17ClF2N4O2S.